The minimum absolute atomic E-state index is 0.0187. The number of carbonyl (C=O) groups is 1. The first-order valence-corrected chi connectivity index (χ1v) is 7.42. The summed E-state index contributed by atoms with van der Waals surface area (Å²) in [5.41, 5.74) is 0.721. The van der Waals surface area contributed by atoms with E-state index in [2.05, 4.69) is 12.2 Å². The summed E-state index contributed by atoms with van der Waals surface area (Å²) < 4.78 is 11.1. The number of nitrogens with one attached hydrogen (secondary N) is 1. The minimum Gasteiger partial charge on any atom is -0.491 e. The lowest BCUT2D eigenvalue weighted by Gasteiger charge is -2.13. The number of amides is 1. The van der Waals surface area contributed by atoms with E-state index in [-0.39, 0.29) is 18.6 Å². The molecule has 22 heavy (non-hydrogen) atoms. The number of carbonyl (C=O) groups excluding carboxylic acids is 1. The smallest absolute Gasteiger partial charge is 0.262 e. The Morgan fingerprint density at radius 3 is 2.36 bits per heavy atom. The number of hydrogen-bond donors (Lipinski definition) is 1. The van der Waals surface area contributed by atoms with Crippen LogP contribution in [0.25, 0.3) is 0 Å². The predicted molar refractivity (Wildman–Crippen MR) is 87.4 cm³/mol. The fraction of sp³-hybridized carbons (Fsp3) is 0.278. The average molecular weight is 299 g/mol. The molecule has 1 N–H and O–H groups in total. The van der Waals surface area contributed by atoms with E-state index in [1.54, 1.807) is 0 Å². The molecule has 0 aromatic heterocycles. The number of anilines is 1. The summed E-state index contributed by atoms with van der Waals surface area (Å²) in [6, 6.07) is 16.6. The zero-order chi connectivity index (χ0) is 15.8. The van der Waals surface area contributed by atoms with Crippen molar-refractivity contribution in [1.29, 1.82) is 0 Å². The van der Waals surface area contributed by atoms with E-state index < -0.39 is 0 Å². The van der Waals surface area contributed by atoms with E-state index in [9.17, 15) is 4.79 Å². The highest BCUT2D eigenvalue weighted by Gasteiger charge is 2.05. The zero-order valence-corrected chi connectivity index (χ0v) is 12.9. The Hall–Kier alpha value is -2.49. The van der Waals surface area contributed by atoms with E-state index in [0.29, 0.717) is 5.75 Å². The van der Waals surface area contributed by atoms with Crippen molar-refractivity contribution in [2.24, 2.45) is 0 Å². The van der Waals surface area contributed by atoms with E-state index in [1.807, 2.05) is 61.5 Å². The molecule has 116 valence electrons. The number of hydrogen-bond acceptors (Lipinski definition) is 3. The van der Waals surface area contributed by atoms with Gasteiger partial charge < -0.3 is 14.8 Å². The number of benzene rings is 2. The molecular weight excluding hydrogens is 278 g/mol. The lowest BCUT2D eigenvalue weighted by molar-refractivity contribution is -0.118. The summed E-state index contributed by atoms with van der Waals surface area (Å²) in [7, 11) is 0. The van der Waals surface area contributed by atoms with Crippen LogP contribution in [-0.2, 0) is 4.79 Å². The molecule has 2 aromatic rings. The van der Waals surface area contributed by atoms with Crippen LogP contribution in [0, 0.1) is 0 Å². The Morgan fingerprint density at radius 1 is 1.05 bits per heavy atom. The molecule has 0 saturated heterocycles. The minimum atomic E-state index is -0.195. The summed E-state index contributed by atoms with van der Waals surface area (Å²) in [6.45, 7) is 4.08. The summed E-state index contributed by atoms with van der Waals surface area (Å²) in [4.78, 5) is 11.8. The third-order valence-corrected chi connectivity index (χ3v) is 3.16. The first-order valence-electron chi connectivity index (χ1n) is 7.42. The van der Waals surface area contributed by atoms with Crippen LogP contribution in [0.15, 0.2) is 54.6 Å². The lowest BCUT2D eigenvalue weighted by Crippen LogP contribution is -2.20. The molecule has 0 saturated carbocycles. The molecule has 0 aliphatic carbocycles. The van der Waals surface area contributed by atoms with Gasteiger partial charge in [-0.3, -0.25) is 4.79 Å². The number of rotatable bonds is 7. The van der Waals surface area contributed by atoms with Crippen molar-refractivity contribution in [1.82, 2.24) is 0 Å². The summed E-state index contributed by atoms with van der Waals surface area (Å²) >= 11 is 0. The first kappa shape index (κ1) is 15.9. The summed E-state index contributed by atoms with van der Waals surface area (Å²) in [5.74, 6) is 1.28. The first-order chi connectivity index (χ1) is 10.7. The van der Waals surface area contributed by atoms with E-state index in [0.717, 1.165) is 17.9 Å². The number of para-hydroxylation sites is 1. The molecule has 0 bridgehead atoms. The highest BCUT2D eigenvalue weighted by atomic mass is 16.5. The molecule has 1 amide bonds. The maximum atomic E-state index is 11.8. The van der Waals surface area contributed by atoms with Crippen molar-refractivity contribution >= 4 is 11.6 Å². The van der Waals surface area contributed by atoms with E-state index in [4.69, 9.17) is 9.47 Å². The fourth-order valence-corrected chi connectivity index (χ4v) is 1.80. The third kappa shape index (κ3) is 5.13. The second-order valence-corrected chi connectivity index (χ2v) is 5.01. The van der Waals surface area contributed by atoms with Crippen molar-refractivity contribution in [2.75, 3.05) is 11.9 Å². The molecule has 4 heteroatoms. The van der Waals surface area contributed by atoms with Gasteiger partial charge in [0.1, 0.15) is 11.5 Å². The van der Waals surface area contributed by atoms with Crippen LogP contribution >= 0.6 is 0 Å². The molecule has 0 spiro atoms. The second-order valence-electron chi connectivity index (χ2n) is 5.01. The van der Waals surface area contributed by atoms with Gasteiger partial charge in [-0.1, -0.05) is 25.1 Å². The second kappa shape index (κ2) is 8.08. The Labute approximate surface area is 131 Å². The molecule has 2 aromatic carbocycles. The Kier molecular flexibility index (Phi) is 5.83. The SMILES string of the molecule is CCC(C)Oc1ccc(NC(=O)COc2ccccc2)cc1. The van der Waals surface area contributed by atoms with Gasteiger partial charge in [0.25, 0.3) is 5.91 Å². The molecule has 0 radical (unpaired) electrons. The third-order valence-electron chi connectivity index (χ3n) is 3.16. The maximum absolute atomic E-state index is 11.8. The molecule has 0 fully saturated rings. The van der Waals surface area contributed by atoms with Crippen LogP contribution < -0.4 is 14.8 Å². The molecule has 0 aliphatic rings. The van der Waals surface area contributed by atoms with E-state index >= 15 is 0 Å². The largest absolute Gasteiger partial charge is 0.491 e. The Morgan fingerprint density at radius 2 is 1.73 bits per heavy atom. The monoisotopic (exact) mass is 299 g/mol. The summed E-state index contributed by atoms with van der Waals surface area (Å²) in [6.07, 6.45) is 1.13. The van der Waals surface area contributed by atoms with Gasteiger partial charge >= 0.3 is 0 Å². The van der Waals surface area contributed by atoms with Crippen molar-refractivity contribution < 1.29 is 14.3 Å². The molecular formula is C18H21NO3. The maximum Gasteiger partial charge on any atom is 0.262 e. The molecule has 0 aliphatic heterocycles. The molecule has 1 atom stereocenters. The average Bonchev–Trinajstić information content (AvgIpc) is 2.55. The number of ether oxygens (including phenoxy) is 2. The van der Waals surface area contributed by atoms with Crippen LogP contribution in [0.1, 0.15) is 20.3 Å². The topological polar surface area (TPSA) is 47.6 Å². The van der Waals surface area contributed by atoms with Gasteiger partial charge in [-0.05, 0) is 49.7 Å². The van der Waals surface area contributed by atoms with Gasteiger partial charge in [0, 0.05) is 5.69 Å². The van der Waals surface area contributed by atoms with Crippen molar-refractivity contribution in [3.8, 4) is 11.5 Å². The normalized spacial score (nSPS) is 11.5. The lowest BCUT2D eigenvalue weighted by atomic mass is 10.3. The van der Waals surface area contributed by atoms with Gasteiger partial charge in [0.15, 0.2) is 6.61 Å². The predicted octanol–water partition coefficient (Wildman–Crippen LogP) is 3.88. The van der Waals surface area contributed by atoms with Crippen molar-refractivity contribution in [3.63, 3.8) is 0 Å². The molecule has 1 unspecified atom stereocenters. The van der Waals surface area contributed by atoms with Crippen LogP contribution in [0.5, 0.6) is 11.5 Å². The van der Waals surface area contributed by atoms with Crippen LogP contribution in [0.4, 0.5) is 5.69 Å². The highest BCUT2D eigenvalue weighted by Crippen LogP contribution is 2.17. The van der Waals surface area contributed by atoms with Gasteiger partial charge in [0.05, 0.1) is 6.10 Å². The van der Waals surface area contributed by atoms with Gasteiger partial charge in [-0.2, -0.15) is 0 Å². The highest BCUT2D eigenvalue weighted by molar-refractivity contribution is 5.91. The standard InChI is InChI=1S/C18H21NO3/c1-3-14(2)22-17-11-9-15(10-12-17)19-18(20)13-21-16-7-5-4-6-8-16/h4-12,14H,3,13H2,1-2H3,(H,19,20). The fourth-order valence-electron chi connectivity index (χ4n) is 1.80. The Bertz CT molecular complexity index is 581. The van der Waals surface area contributed by atoms with Crippen LogP contribution in [-0.4, -0.2) is 18.6 Å². The van der Waals surface area contributed by atoms with Gasteiger partial charge in [-0.15, -0.1) is 0 Å². The quantitative estimate of drug-likeness (QED) is 0.844. The molecule has 2 rings (SSSR count). The zero-order valence-electron chi connectivity index (χ0n) is 12.9. The van der Waals surface area contributed by atoms with Crippen LogP contribution in [0.3, 0.4) is 0 Å². The van der Waals surface area contributed by atoms with Gasteiger partial charge in [0.2, 0.25) is 0 Å². The van der Waals surface area contributed by atoms with Crippen molar-refractivity contribution in [3.05, 3.63) is 54.6 Å². The molecule has 4 nitrogen and oxygen atoms in total. The van der Waals surface area contributed by atoms with Gasteiger partial charge in [-0.25, -0.2) is 0 Å². The van der Waals surface area contributed by atoms with Crippen LogP contribution in [0.2, 0.25) is 0 Å². The van der Waals surface area contributed by atoms with Crippen molar-refractivity contribution in [2.45, 2.75) is 26.4 Å². The van der Waals surface area contributed by atoms with E-state index in [1.165, 1.54) is 0 Å². The Balaban J connectivity index is 1.81. The summed E-state index contributed by atoms with van der Waals surface area (Å²) in [5, 5.41) is 2.79. The molecule has 0 heterocycles.